The van der Waals surface area contributed by atoms with E-state index in [-0.39, 0.29) is 28.6 Å². The van der Waals surface area contributed by atoms with E-state index >= 15 is 0 Å². The zero-order valence-corrected chi connectivity index (χ0v) is 22.8. The van der Waals surface area contributed by atoms with Crippen molar-refractivity contribution in [3.63, 3.8) is 0 Å². The third-order valence-electron chi connectivity index (χ3n) is 6.01. The van der Waals surface area contributed by atoms with E-state index in [2.05, 4.69) is 15.6 Å². The minimum absolute atomic E-state index is 0.0789. The first-order chi connectivity index (χ1) is 18.6. The predicted molar refractivity (Wildman–Crippen MR) is 152 cm³/mol. The molecule has 4 rings (SSSR count). The lowest BCUT2D eigenvalue weighted by atomic mass is 10.1. The molecule has 0 aliphatic heterocycles. The number of anilines is 2. The number of hydrogen-bond acceptors (Lipinski definition) is 5. The van der Waals surface area contributed by atoms with Crippen LogP contribution >= 0.6 is 0 Å². The number of amides is 2. The average molecular weight is 543 g/mol. The maximum absolute atomic E-state index is 13.7. The predicted octanol–water partition coefficient (Wildman–Crippen LogP) is 4.77. The van der Waals surface area contributed by atoms with E-state index in [1.807, 2.05) is 32.9 Å². The van der Waals surface area contributed by atoms with Crippen LogP contribution in [0, 0.1) is 20.8 Å². The molecule has 0 aliphatic rings. The van der Waals surface area contributed by atoms with Gasteiger partial charge in [-0.3, -0.25) is 18.9 Å². The molecular weight excluding hydrogens is 512 g/mol. The molecule has 3 aromatic carbocycles. The molecule has 0 atom stereocenters. The first-order valence-corrected chi connectivity index (χ1v) is 13.8. The molecular formula is C30H30N4O4S. The second kappa shape index (κ2) is 11.9. The van der Waals surface area contributed by atoms with E-state index in [1.54, 1.807) is 67.0 Å². The van der Waals surface area contributed by atoms with Crippen molar-refractivity contribution >= 4 is 33.2 Å². The van der Waals surface area contributed by atoms with Crippen molar-refractivity contribution in [3.8, 4) is 0 Å². The maximum atomic E-state index is 13.7. The number of aromatic nitrogens is 1. The molecule has 2 N–H and O–H groups in total. The van der Waals surface area contributed by atoms with Crippen LogP contribution in [0.3, 0.4) is 0 Å². The smallest absolute Gasteiger partial charge is 0.264 e. The van der Waals surface area contributed by atoms with Crippen LogP contribution in [-0.2, 0) is 21.4 Å². The third kappa shape index (κ3) is 6.88. The Labute approximate surface area is 228 Å². The Hall–Kier alpha value is -4.50. The molecule has 0 unspecified atom stereocenters. The van der Waals surface area contributed by atoms with Crippen LogP contribution in [0.5, 0.6) is 0 Å². The molecule has 0 spiro atoms. The molecule has 8 nitrogen and oxygen atoms in total. The van der Waals surface area contributed by atoms with Crippen molar-refractivity contribution in [2.24, 2.45) is 0 Å². The number of nitrogens with zero attached hydrogens (tertiary/aromatic N) is 2. The highest BCUT2D eigenvalue weighted by Crippen LogP contribution is 2.26. The number of pyridine rings is 1. The van der Waals surface area contributed by atoms with E-state index in [0.717, 1.165) is 26.6 Å². The van der Waals surface area contributed by atoms with Crippen molar-refractivity contribution < 1.29 is 18.0 Å². The Bertz CT molecular complexity index is 1570. The zero-order chi connectivity index (χ0) is 28.0. The van der Waals surface area contributed by atoms with Crippen LogP contribution in [-0.4, -0.2) is 31.8 Å². The fourth-order valence-electron chi connectivity index (χ4n) is 4.14. The lowest BCUT2D eigenvalue weighted by molar-refractivity contribution is -0.114. The monoisotopic (exact) mass is 542 g/mol. The molecule has 0 saturated heterocycles. The summed E-state index contributed by atoms with van der Waals surface area (Å²) < 4.78 is 28.5. The number of nitrogens with one attached hydrogen (secondary N) is 2. The largest absolute Gasteiger partial charge is 0.348 e. The van der Waals surface area contributed by atoms with Gasteiger partial charge in [-0.1, -0.05) is 42.0 Å². The molecule has 2 amide bonds. The van der Waals surface area contributed by atoms with Gasteiger partial charge in [0.1, 0.15) is 6.54 Å². The summed E-state index contributed by atoms with van der Waals surface area (Å²) in [7, 11) is -4.07. The first kappa shape index (κ1) is 27.5. The lowest BCUT2D eigenvalue weighted by Crippen LogP contribution is -2.38. The number of rotatable bonds is 9. The zero-order valence-electron chi connectivity index (χ0n) is 22.0. The summed E-state index contributed by atoms with van der Waals surface area (Å²) in [5.41, 5.74) is 4.40. The average Bonchev–Trinajstić information content (AvgIpc) is 2.91. The van der Waals surface area contributed by atoms with Crippen LogP contribution in [0.4, 0.5) is 11.4 Å². The molecule has 9 heteroatoms. The Morgan fingerprint density at radius 1 is 0.846 bits per heavy atom. The van der Waals surface area contributed by atoms with Gasteiger partial charge in [-0.05, 0) is 79.9 Å². The summed E-state index contributed by atoms with van der Waals surface area (Å²) in [6.45, 7) is 5.39. The number of para-hydroxylation sites is 1. The van der Waals surface area contributed by atoms with Gasteiger partial charge in [0.05, 0.1) is 21.8 Å². The SMILES string of the molecule is Cc1ccc(S(=O)(=O)N(CC(=O)Nc2ccccc2C(=O)NCc2cccnc2)c2cc(C)cc(C)c2)cc1. The van der Waals surface area contributed by atoms with Gasteiger partial charge in [0.15, 0.2) is 0 Å². The van der Waals surface area contributed by atoms with E-state index in [0.29, 0.717) is 5.69 Å². The van der Waals surface area contributed by atoms with Crippen LogP contribution in [0.15, 0.2) is 96.2 Å². The van der Waals surface area contributed by atoms with Gasteiger partial charge < -0.3 is 10.6 Å². The van der Waals surface area contributed by atoms with E-state index < -0.39 is 22.5 Å². The summed E-state index contributed by atoms with van der Waals surface area (Å²) in [4.78, 5) is 30.3. The Morgan fingerprint density at radius 2 is 1.54 bits per heavy atom. The minimum atomic E-state index is -4.07. The van der Waals surface area contributed by atoms with E-state index in [1.165, 1.54) is 12.1 Å². The quantitative estimate of drug-likeness (QED) is 0.317. The number of benzene rings is 3. The van der Waals surface area contributed by atoms with Gasteiger partial charge in [0.2, 0.25) is 5.91 Å². The molecule has 1 heterocycles. The van der Waals surface area contributed by atoms with Gasteiger partial charge in [0, 0.05) is 18.9 Å². The minimum Gasteiger partial charge on any atom is -0.348 e. The Morgan fingerprint density at radius 3 is 2.21 bits per heavy atom. The molecule has 0 radical (unpaired) electrons. The van der Waals surface area contributed by atoms with Crippen LogP contribution in [0.25, 0.3) is 0 Å². The first-order valence-electron chi connectivity index (χ1n) is 12.4. The Balaban J connectivity index is 1.59. The topological polar surface area (TPSA) is 108 Å². The highest BCUT2D eigenvalue weighted by atomic mass is 32.2. The number of carbonyl (C=O) groups is 2. The highest BCUT2D eigenvalue weighted by Gasteiger charge is 2.28. The number of aryl methyl sites for hydroxylation is 3. The van der Waals surface area contributed by atoms with Crippen molar-refractivity contribution in [1.29, 1.82) is 0 Å². The molecule has 200 valence electrons. The van der Waals surface area contributed by atoms with E-state index in [4.69, 9.17) is 0 Å². The molecule has 39 heavy (non-hydrogen) atoms. The van der Waals surface area contributed by atoms with Gasteiger partial charge in [-0.25, -0.2) is 8.42 Å². The molecule has 0 aliphatic carbocycles. The summed E-state index contributed by atoms with van der Waals surface area (Å²) in [5, 5.41) is 5.56. The normalized spacial score (nSPS) is 11.1. The van der Waals surface area contributed by atoms with Gasteiger partial charge in [-0.2, -0.15) is 0 Å². The van der Waals surface area contributed by atoms with Gasteiger partial charge >= 0.3 is 0 Å². The molecule has 0 bridgehead atoms. The van der Waals surface area contributed by atoms with Gasteiger partial charge in [-0.15, -0.1) is 0 Å². The number of carbonyl (C=O) groups excluding carboxylic acids is 2. The van der Waals surface area contributed by atoms with Crippen molar-refractivity contribution in [2.45, 2.75) is 32.2 Å². The molecule has 0 fully saturated rings. The summed E-state index contributed by atoms with van der Waals surface area (Å²) in [6, 6.07) is 22.1. The van der Waals surface area contributed by atoms with Crippen molar-refractivity contribution in [1.82, 2.24) is 10.3 Å². The van der Waals surface area contributed by atoms with Crippen LogP contribution in [0.2, 0.25) is 0 Å². The lowest BCUT2D eigenvalue weighted by Gasteiger charge is -2.25. The summed E-state index contributed by atoms with van der Waals surface area (Å²) in [6.07, 6.45) is 3.31. The van der Waals surface area contributed by atoms with E-state index in [9.17, 15) is 18.0 Å². The standard InChI is InChI=1S/C30H30N4O4S/c1-21-10-12-26(13-11-21)39(37,38)34(25-16-22(2)15-23(3)17-25)20-29(35)33-28-9-5-4-8-27(28)30(36)32-19-24-7-6-14-31-18-24/h4-18H,19-20H2,1-3H3,(H,32,36)(H,33,35). The van der Waals surface area contributed by atoms with Gasteiger partial charge in [0.25, 0.3) is 15.9 Å². The molecule has 1 aromatic heterocycles. The summed E-state index contributed by atoms with van der Waals surface area (Å²) >= 11 is 0. The second-order valence-corrected chi connectivity index (χ2v) is 11.2. The maximum Gasteiger partial charge on any atom is 0.264 e. The molecule has 0 saturated carbocycles. The van der Waals surface area contributed by atoms with Crippen LogP contribution in [0.1, 0.15) is 32.6 Å². The summed E-state index contributed by atoms with van der Waals surface area (Å²) in [5.74, 6) is -0.967. The molecule has 4 aromatic rings. The Kier molecular flexibility index (Phi) is 8.41. The second-order valence-electron chi connectivity index (χ2n) is 9.31. The van der Waals surface area contributed by atoms with Crippen LogP contribution < -0.4 is 14.9 Å². The highest BCUT2D eigenvalue weighted by molar-refractivity contribution is 7.92. The number of sulfonamides is 1. The number of hydrogen-bond donors (Lipinski definition) is 2. The third-order valence-corrected chi connectivity index (χ3v) is 7.80. The van der Waals surface area contributed by atoms with Crippen molar-refractivity contribution in [2.75, 3.05) is 16.2 Å². The fraction of sp³-hybridized carbons (Fsp3) is 0.167. The van der Waals surface area contributed by atoms with Crippen molar-refractivity contribution in [3.05, 3.63) is 119 Å². The fourth-order valence-corrected chi connectivity index (χ4v) is 5.54.